The molecule has 31 heavy (non-hydrogen) atoms. The van der Waals surface area contributed by atoms with E-state index in [0.717, 1.165) is 41.6 Å². The Hall–Kier alpha value is -3.87. The number of aryl methyl sites for hydroxylation is 2. The van der Waals surface area contributed by atoms with Crippen molar-refractivity contribution in [1.82, 2.24) is 30.0 Å². The van der Waals surface area contributed by atoms with Crippen LogP contribution in [0.25, 0.3) is 17.2 Å². The van der Waals surface area contributed by atoms with Gasteiger partial charge in [-0.3, -0.25) is 9.78 Å². The number of amides is 1. The minimum Gasteiger partial charge on any atom is -0.352 e. The molecule has 154 valence electrons. The Morgan fingerprint density at radius 2 is 1.87 bits per heavy atom. The maximum atomic E-state index is 12.7. The Labute approximate surface area is 180 Å². The van der Waals surface area contributed by atoms with Crippen LogP contribution >= 0.6 is 0 Å². The van der Waals surface area contributed by atoms with E-state index in [4.69, 9.17) is 4.98 Å². The van der Waals surface area contributed by atoms with Gasteiger partial charge in [0.25, 0.3) is 11.9 Å². The summed E-state index contributed by atoms with van der Waals surface area (Å²) in [7, 11) is 0. The third-order valence-corrected chi connectivity index (χ3v) is 5.68. The summed E-state index contributed by atoms with van der Waals surface area (Å²) >= 11 is 0. The van der Waals surface area contributed by atoms with Gasteiger partial charge < -0.3 is 5.32 Å². The third kappa shape index (κ3) is 3.70. The molecular weight excluding hydrogens is 388 g/mol. The van der Waals surface area contributed by atoms with Crippen molar-refractivity contribution in [2.75, 3.05) is 6.54 Å². The van der Waals surface area contributed by atoms with Crippen LogP contribution in [-0.2, 0) is 19.3 Å². The second kappa shape index (κ2) is 8.10. The fraction of sp³-hybridized carbons (Fsp3) is 0.208. The number of rotatable bonds is 5. The average Bonchev–Trinajstić information content (AvgIpc) is 3.20. The molecule has 0 aliphatic heterocycles. The number of nitrogens with one attached hydrogen (secondary N) is 1. The molecule has 7 nitrogen and oxygen atoms in total. The van der Waals surface area contributed by atoms with E-state index in [1.165, 1.54) is 5.56 Å². The quantitative estimate of drug-likeness (QED) is 0.546. The largest absolute Gasteiger partial charge is 0.352 e. The molecule has 0 saturated carbocycles. The van der Waals surface area contributed by atoms with Gasteiger partial charge in [-0.1, -0.05) is 24.3 Å². The van der Waals surface area contributed by atoms with Crippen molar-refractivity contribution in [3.8, 4) is 17.2 Å². The van der Waals surface area contributed by atoms with Crippen molar-refractivity contribution in [2.24, 2.45) is 0 Å². The molecule has 0 atom stereocenters. The van der Waals surface area contributed by atoms with Crippen molar-refractivity contribution < 1.29 is 4.79 Å². The van der Waals surface area contributed by atoms with E-state index in [-0.39, 0.29) is 5.91 Å². The van der Waals surface area contributed by atoms with E-state index in [0.29, 0.717) is 23.8 Å². The zero-order chi connectivity index (χ0) is 21.2. The van der Waals surface area contributed by atoms with Gasteiger partial charge in [0.1, 0.15) is 0 Å². The van der Waals surface area contributed by atoms with Crippen molar-refractivity contribution in [3.05, 3.63) is 89.1 Å². The Morgan fingerprint density at radius 3 is 2.74 bits per heavy atom. The summed E-state index contributed by atoms with van der Waals surface area (Å²) in [5.74, 6) is 0.324. The molecule has 1 aliphatic carbocycles. The van der Waals surface area contributed by atoms with E-state index in [2.05, 4.69) is 38.6 Å². The SMILES string of the molecule is Cc1c(C(=O)NCCc2ccncc2)cnn1-c1ncc2c(n1)-c1ccccc1CC2. The van der Waals surface area contributed by atoms with Crippen LogP contribution in [0.1, 0.15) is 32.7 Å². The first-order chi connectivity index (χ1) is 15.2. The summed E-state index contributed by atoms with van der Waals surface area (Å²) in [6.07, 6.45) is 9.63. The van der Waals surface area contributed by atoms with Gasteiger partial charge in [-0.25, -0.2) is 14.6 Å². The van der Waals surface area contributed by atoms with E-state index in [1.54, 1.807) is 23.3 Å². The standard InChI is InChI=1S/C24H22N6O/c1-16-21(23(31)26-13-10-17-8-11-25-12-9-17)15-28-30(16)24-27-14-19-7-6-18-4-2-3-5-20(18)22(19)29-24/h2-5,8-9,11-12,14-15H,6-7,10,13H2,1H3,(H,26,31). The van der Waals surface area contributed by atoms with E-state index >= 15 is 0 Å². The third-order valence-electron chi connectivity index (χ3n) is 5.68. The van der Waals surface area contributed by atoms with Gasteiger partial charge in [0.05, 0.1) is 23.1 Å². The molecule has 0 bridgehead atoms. The van der Waals surface area contributed by atoms with Gasteiger partial charge >= 0.3 is 0 Å². The topological polar surface area (TPSA) is 85.6 Å². The lowest BCUT2D eigenvalue weighted by atomic mass is 9.90. The Kier molecular flexibility index (Phi) is 5.00. The predicted molar refractivity (Wildman–Crippen MR) is 117 cm³/mol. The van der Waals surface area contributed by atoms with Crippen LogP contribution in [0.5, 0.6) is 0 Å². The maximum absolute atomic E-state index is 12.7. The first-order valence-corrected chi connectivity index (χ1v) is 10.4. The van der Waals surface area contributed by atoms with Crippen LogP contribution in [0.2, 0.25) is 0 Å². The summed E-state index contributed by atoms with van der Waals surface area (Å²) in [6.45, 7) is 2.40. The van der Waals surface area contributed by atoms with Crippen LogP contribution in [-0.4, -0.2) is 37.2 Å². The normalized spacial score (nSPS) is 12.2. The van der Waals surface area contributed by atoms with Crippen LogP contribution in [0.3, 0.4) is 0 Å². The number of carbonyl (C=O) groups excluding carboxylic acids is 1. The maximum Gasteiger partial charge on any atom is 0.254 e. The zero-order valence-corrected chi connectivity index (χ0v) is 17.2. The summed E-state index contributed by atoms with van der Waals surface area (Å²) in [5.41, 5.74) is 6.90. The zero-order valence-electron chi connectivity index (χ0n) is 17.2. The first kappa shape index (κ1) is 19.1. The highest BCUT2D eigenvalue weighted by Crippen LogP contribution is 2.31. The number of carbonyl (C=O) groups is 1. The lowest BCUT2D eigenvalue weighted by Crippen LogP contribution is -2.26. The van der Waals surface area contributed by atoms with E-state index < -0.39 is 0 Å². The molecule has 1 aliphatic rings. The Balaban J connectivity index is 1.36. The fourth-order valence-electron chi connectivity index (χ4n) is 3.95. The van der Waals surface area contributed by atoms with Crippen LogP contribution in [0.4, 0.5) is 0 Å². The highest BCUT2D eigenvalue weighted by molar-refractivity contribution is 5.95. The predicted octanol–water partition coefficient (Wildman–Crippen LogP) is 3.10. The molecule has 0 fully saturated rings. The van der Waals surface area contributed by atoms with Crippen molar-refractivity contribution in [1.29, 1.82) is 0 Å². The minimum absolute atomic E-state index is 0.152. The highest BCUT2D eigenvalue weighted by atomic mass is 16.1. The van der Waals surface area contributed by atoms with Gasteiger partial charge in [0.15, 0.2) is 0 Å². The van der Waals surface area contributed by atoms with Crippen LogP contribution < -0.4 is 5.32 Å². The number of aromatic nitrogens is 5. The molecule has 0 radical (unpaired) electrons. The Bertz CT molecular complexity index is 1250. The molecule has 3 heterocycles. The molecule has 7 heteroatoms. The van der Waals surface area contributed by atoms with Crippen molar-refractivity contribution >= 4 is 5.91 Å². The Morgan fingerprint density at radius 1 is 1.06 bits per heavy atom. The number of pyridine rings is 1. The molecule has 1 aromatic carbocycles. The fourth-order valence-corrected chi connectivity index (χ4v) is 3.95. The van der Waals surface area contributed by atoms with E-state index in [1.807, 2.05) is 31.3 Å². The molecular formula is C24H22N6O. The molecule has 5 rings (SSSR count). The monoisotopic (exact) mass is 410 g/mol. The number of benzene rings is 1. The molecule has 1 N–H and O–H groups in total. The van der Waals surface area contributed by atoms with Crippen LogP contribution in [0.15, 0.2) is 61.2 Å². The van der Waals surface area contributed by atoms with Gasteiger partial charge in [0, 0.05) is 30.7 Å². The lowest BCUT2D eigenvalue weighted by molar-refractivity contribution is 0.0953. The summed E-state index contributed by atoms with van der Waals surface area (Å²) in [4.78, 5) is 26.0. The van der Waals surface area contributed by atoms with Gasteiger partial charge in [0.2, 0.25) is 0 Å². The average molecular weight is 410 g/mol. The van der Waals surface area contributed by atoms with E-state index in [9.17, 15) is 4.79 Å². The molecule has 4 aromatic rings. The number of hydrogen-bond donors (Lipinski definition) is 1. The molecule has 3 aromatic heterocycles. The minimum atomic E-state index is -0.152. The number of nitrogens with zero attached hydrogens (tertiary/aromatic N) is 5. The number of fused-ring (bicyclic) bond motifs is 3. The van der Waals surface area contributed by atoms with Gasteiger partial charge in [-0.2, -0.15) is 5.10 Å². The summed E-state index contributed by atoms with van der Waals surface area (Å²) in [5, 5.41) is 7.36. The lowest BCUT2D eigenvalue weighted by Gasteiger charge is -2.18. The highest BCUT2D eigenvalue weighted by Gasteiger charge is 2.21. The second-order valence-electron chi connectivity index (χ2n) is 7.62. The molecule has 0 spiro atoms. The summed E-state index contributed by atoms with van der Waals surface area (Å²) in [6, 6.07) is 12.2. The van der Waals surface area contributed by atoms with Gasteiger partial charge in [-0.15, -0.1) is 0 Å². The van der Waals surface area contributed by atoms with Crippen molar-refractivity contribution in [3.63, 3.8) is 0 Å². The number of hydrogen-bond acceptors (Lipinski definition) is 5. The van der Waals surface area contributed by atoms with Gasteiger partial charge in [-0.05, 0) is 55.0 Å². The van der Waals surface area contributed by atoms with Crippen molar-refractivity contribution in [2.45, 2.75) is 26.2 Å². The molecule has 0 saturated heterocycles. The summed E-state index contributed by atoms with van der Waals surface area (Å²) < 4.78 is 1.63. The first-order valence-electron chi connectivity index (χ1n) is 10.4. The smallest absolute Gasteiger partial charge is 0.254 e. The van der Waals surface area contributed by atoms with Crippen LogP contribution in [0, 0.1) is 6.92 Å². The molecule has 1 amide bonds. The second-order valence-corrected chi connectivity index (χ2v) is 7.62. The molecule has 0 unspecified atom stereocenters.